The van der Waals surface area contributed by atoms with Crippen molar-refractivity contribution in [1.29, 1.82) is 0 Å². The Kier molecular flexibility index (Phi) is 6.87. The highest BCUT2D eigenvalue weighted by Crippen LogP contribution is 2.20. The van der Waals surface area contributed by atoms with Crippen molar-refractivity contribution < 1.29 is 14.3 Å². The van der Waals surface area contributed by atoms with Crippen molar-refractivity contribution in [3.63, 3.8) is 0 Å². The number of carbonyl (C=O) groups is 1. The van der Waals surface area contributed by atoms with Gasteiger partial charge in [-0.2, -0.15) is 0 Å². The highest BCUT2D eigenvalue weighted by atomic mass is 16.5. The van der Waals surface area contributed by atoms with Gasteiger partial charge in [0, 0.05) is 0 Å². The summed E-state index contributed by atoms with van der Waals surface area (Å²) in [6, 6.07) is 13.7. The number of aryl methyl sites for hydroxylation is 2. The van der Waals surface area contributed by atoms with Crippen molar-refractivity contribution in [2.24, 2.45) is 0 Å². The number of carbonyl (C=O) groups excluding carboxylic acids is 1. The number of hydrogen-bond donors (Lipinski definition) is 1. The molecule has 0 fully saturated rings. The van der Waals surface area contributed by atoms with Gasteiger partial charge in [0.1, 0.15) is 18.1 Å². The van der Waals surface area contributed by atoms with Crippen LogP contribution in [0.15, 0.2) is 42.5 Å². The number of rotatable bonds is 8. The van der Waals surface area contributed by atoms with E-state index in [0.29, 0.717) is 25.3 Å². The fourth-order valence-electron chi connectivity index (χ4n) is 2.50. The molecule has 1 amide bonds. The molecule has 2 aromatic rings. The van der Waals surface area contributed by atoms with Crippen LogP contribution in [0.4, 0.5) is 0 Å². The predicted molar refractivity (Wildman–Crippen MR) is 100 cm³/mol. The predicted octanol–water partition coefficient (Wildman–Crippen LogP) is 3.96. The molecule has 25 heavy (non-hydrogen) atoms. The zero-order valence-electron chi connectivity index (χ0n) is 15.5. The van der Waals surface area contributed by atoms with Crippen molar-refractivity contribution in [3.8, 4) is 11.5 Å². The Labute approximate surface area is 150 Å². The fraction of sp³-hybridized carbons (Fsp3) is 0.381. The number of benzene rings is 2. The first-order valence-corrected chi connectivity index (χ1v) is 8.71. The van der Waals surface area contributed by atoms with Gasteiger partial charge in [0.25, 0.3) is 5.91 Å². The average molecular weight is 341 g/mol. The van der Waals surface area contributed by atoms with E-state index < -0.39 is 6.10 Å². The lowest BCUT2D eigenvalue weighted by molar-refractivity contribution is -0.128. The summed E-state index contributed by atoms with van der Waals surface area (Å²) < 4.78 is 11.6. The quantitative estimate of drug-likeness (QED) is 0.739. The van der Waals surface area contributed by atoms with Crippen LogP contribution in [0.5, 0.6) is 11.5 Å². The van der Waals surface area contributed by atoms with Gasteiger partial charge in [0.15, 0.2) is 6.10 Å². The van der Waals surface area contributed by atoms with Gasteiger partial charge in [-0.25, -0.2) is 0 Å². The highest BCUT2D eigenvalue weighted by molar-refractivity contribution is 5.81. The molecule has 2 rings (SSSR count). The minimum absolute atomic E-state index is 0.117. The Morgan fingerprint density at radius 3 is 2.60 bits per heavy atom. The van der Waals surface area contributed by atoms with Gasteiger partial charge in [-0.15, -0.1) is 0 Å². The largest absolute Gasteiger partial charge is 0.491 e. The maximum absolute atomic E-state index is 12.3. The Hall–Kier alpha value is -2.49. The third kappa shape index (κ3) is 5.52. The fourth-order valence-corrected chi connectivity index (χ4v) is 2.50. The van der Waals surface area contributed by atoms with Gasteiger partial charge in [-0.1, -0.05) is 31.2 Å². The van der Waals surface area contributed by atoms with E-state index in [1.54, 1.807) is 0 Å². The number of amides is 1. The molecular weight excluding hydrogens is 314 g/mol. The number of ether oxygens (including phenoxy) is 2. The molecule has 4 heteroatoms. The second-order valence-corrected chi connectivity index (χ2v) is 6.17. The molecule has 0 saturated carbocycles. The summed E-state index contributed by atoms with van der Waals surface area (Å²) in [7, 11) is 0. The maximum Gasteiger partial charge on any atom is 0.261 e. The molecule has 1 N–H and O–H groups in total. The lowest BCUT2D eigenvalue weighted by atomic mass is 10.1. The second-order valence-electron chi connectivity index (χ2n) is 6.17. The van der Waals surface area contributed by atoms with E-state index in [4.69, 9.17) is 9.47 Å². The minimum atomic E-state index is -0.498. The van der Waals surface area contributed by atoms with Crippen LogP contribution < -0.4 is 14.8 Å². The third-order valence-electron chi connectivity index (χ3n) is 4.14. The molecule has 0 spiro atoms. The molecule has 0 aliphatic rings. The van der Waals surface area contributed by atoms with E-state index in [0.717, 1.165) is 16.9 Å². The van der Waals surface area contributed by atoms with E-state index >= 15 is 0 Å². The van der Waals surface area contributed by atoms with E-state index in [-0.39, 0.29) is 5.91 Å². The summed E-state index contributed by atoms with van der Waals surface area (Å²) in [4.78, 5) is 12.3. The van der Waals surface area contributed by atoms with Crippen LogP contribution in [-0.4, -0.2) is 25.2 Å². The van der Waals surface area contributed by atoms with Gasteiger partial charge in [-0.3, -0.25) is 4.79 Å². The van der Waals surface area contributed by atoms with Crippen molar-refractivity contribution in [3.05, 3.63) is 59.2 Å². The molecular formula is C21H27NO3. The van der Waals surface area contributed by atoms with Crippen molar-refractivity contribution >= 4 is 5.91 Å². The topological polar surface area (TPSA) is 47.6 Å². The molecule has 2 aromatic carbocycles. The van der Waals surface area contributed by atoms with Crippen LogP contribution in [0.1, 0.15) is 30.0 Å². The standard InChI is InChI=1S/C21H27NO3/c1-5-19(25-18-10-6-8-15(2)14-18)21(23)22-12-13-24-20-11-7-9-16(3)17(20)4/h6-11,14,19H,5,12-13H2,1-4H3,(H,22,23)/t19-/m1/s1. The van der Waals surface area contributed by atoms with E-state index in [9.17, 15) is 4.79 Å². The van der Waals surface area contributed by atoms with Crippen molar-refractivity contribution in [2.75, 3.05) is 13.2 Å². The Morgan fingerprint density at radius 2 is 1.88 bits per heavy atom. The smallest absolute Gasteiger partial charge is 0.261 e. The molecule has 0 aromatic heterocycles. The summed E-state index contributed by atoms with van der Waals surface area (Å²) in [5.74, 6) is 1.46. The normalized spacial score (nSPS) is 11.7. The summed E-state index contributed by atoms with van der Waals surface area (Å²) in [6.45, 7) is 8.90. The average Bonchev–Trinajstić information content (AvgIpc) is 2.60. The van der Waals surface area contributed by atoms with Crippen LogP contribution in [0, 0.1) is 20.8 Å². The Morgan fingerprint density at radius 1 is 1.12 bits per heavy atom. The van der Waals surface area contributed by atoms with Crippen LogP contribution in [0.25, 0.3) is 0 Å². The first-order valence-electron chi connectivity index (χ1n) is 8.71. The van der Waals surface area contributed by atoms with Gasteiger partial charge < -0.3 is 14.8 Å². The van der Waals surface area contributed by atoms with E-state index in [1.807, 2.05) is 57.2 Å². The van der Waals surface area contributed by atoms with E-state index in [1.165, 1.54) is 5.56 Å². The summed E-state index contributed by atoms with van der Waals surface area (Å²) in [6.07, 6.45) is 0.111. The van der Waals surface area contributed by atoms with E-state index in [2.05, 4.69) is 18.3 Å². The van der Waals surface area contributed by atoms with Gasteiger partial charge in [0.05, 0.1) is 6.54 Å². The molecule has 0 aliphatic heterocycles. The Bertz CT molecular complexity index is 712. The lowest BCUT2D eigenvalue weighted by Gasteiger charge is -2.18. The molecule has 0 heterocycles. The highest BCUT2D eigenvalue weighted by Gasteiger charge is 2.18. The zero-order valence-corrected chi connectivity index (χ0v) is 15.5. The van der Waals surface area contributed by atoms with Gasteiger partial charge in [0.2, 0.25) is 0 Å². The zero-order chi connectivity index (χ0) is 18.2. The second kappa shape index (κ2) is 9.11. The maximum atomic E-state index is 12.3. The lowest BCUT2D eigenvalue weighted by Crippen LogP contribution is -2.39. The molecule has 0 bridgehead atoms. The molecule has 0 aliphatic carbocycles. The molecule has 0 radical (unpaired) electrons. The van der Waals surface area contributed by atoms with Crippen LogP contribution >= 0.6 is 0 Å². The number of nitrogens with one attached hydrogen (secondary N) is 1. The van der Waals surface area contributed by atoms with Crippen LogP contribution in [-0.2, 0) is 4.79 Å². The summed E-state index contributed by atoms with van der Waals surface area (Å²) in [5.41, 5.74) is 3.43. The monoisotopic (exact) mass is 341 g/mol. The third-order valence-corrected chi connectivity index (χ3v) is 4.14. The number of hydrogen-bond acceptors (Lipinski definition) is 3. The molecule has 0 saturated heterocycles. The molecule has 134 valence electrons. The van der Waals surface area contributed by atoms with Gasteiger partial charge >= 0.3 is 0 Å². The van der Waals surface area contributed by atoms with Crippen molar-refractivity contribution in [2.45, 2.75) is 40.2 Å². The SMILES string of the molecule is CC[C@@H](Oc1cccc(C)c1)C(=O)NCCOc1cccc(C)c1C. The van der Waals surface area contributed by atoms with Gasteiger partial charge in [-0.05, 0) is 62.1 Å². The molecule has 0 unspecified atom stereocenters. The summed E-state index contributed by atoms with van der Waals surface area (Å²) in [5, 5.41) is 2.88. The minimum Gasteiger partial charge on any atom is -0.491 e. The first-order chi connectivity index (χ1) is 12.0. The molecule has 4 nitrogen and oxygen atoms in total. The Balaban J connectivity index is 1.81. The summed E-state index contributed by atoms with van der Waals surface area (Å²) >= 11 is 0. The van der Waals surface area contributed by atoms with Crippen molar-refractivity contribution in [1.82, 2.24) is 5.32 Å². The van der Waals surface area contributed by atoms with Crippen LogP contribution in [0.3, 0.4) is 0 Å². The van der Waals surface area contributed by atoms with Crippen LogP contribution in [0.2, 0.25) is 0 Å². The molecule has 1 atom stereocenters. The first kappa shape index (κ1) is 18.8.